The van der Waals surface area contributed by atoms with Crippen molar-refractivity contribution < 1.29 is 8.42 Å². The van der Waals surface area contributed by atoms with Crippen LogP contribution in [-0.4, -0.2) is 13.0 Å². The summed E-state index contributed by atoms with van der Waals surface area (Å²) in [6, 6.07) is 4.84. The average molecular weight is 299 g/mol. The highest BCUT2D eigenvalue weighted by molar-refractivity contribution is 7.89. The first kappa shape index (κ1) is 13.8. The predicted octanol–water partition coefficient (Wildman–Crippen LogP) is 0.706. The molecule has 102 valence electrons. The molecule has 3 N–H and O–H groups in total. The number of nitrogens with one attached hydrogen (secondary N) is 1. The number of nitrogens with zero attached hydrogens (tertiary/aromatic N) is 1. The lowest BCUT2D eigenvalue weighted by Gasteiger charge is -2.07. The normalized spacial score (nSPS) is 11.5. The van der Waals surface area contributed by atoms with E-state index in [0.717, 1.165) is 0 Å². The van der Waals surface area contributed by atoms with Crippen LogP contribution in [-0.2, 0) is 23.6 Å². The number of anilines is 1. The van der Waals surface area contributed by atoms with E-state index in [9.17, 15) is 13.2 Å². The summed E-state index contributed by atoms with van der Waals surface area (Å²) < 4.78 is 24.1. The van der Waals surface area contributed by atoms with Crippen molar-refractivity contribution in [3.63, 3.8) is 0 Å². The number of thiophene rings is 1. The van der Waals surface area contributed by atoms with Crippen molar-refractivity contribution in [1.82, 2.24) is 4.57 Å². The van der Waals surface area contributed by atoms with Crippen LogP contribution < -0.4 is 16.0 Å². The monoisotopic (exact) mass is 299 g/mol. The van der Waals surface area contributed by atoms with Crippen LogP contribution in [0.5, 0.6) is 0 Å². The van der Waals surface area contributed by atoms with Crippen molar-refractivity contribution in [2.24, 2.45) is 12.2 Å². The molecular formula is C11H13N3O3S2. The van der Waals surface area contributed by atoms with E-state index in [1.54, 1.807) is 30.8 Å². The highest BCUT2D eigenvalue weighted by atomic mass is 32.2. The van der Waals surface area contributed by atoms with Crippen molar-refractivity contribution in [3.8, 4) is 0 Å². The molecule has 0 amide bonds. The zero-order valence-corrected chi connectivity index (χ0v) is 11.8. The second-order valence-corrected chi connectivity index (χ2v) is 6.48. The lowest BCUT2D eigenvalue weighted by Crippen LogP contribution is -2.20. The Labute approximate surface area is 114 Å². The van der Waals surface area contributed by atoms with Gasteiger partial charge in [-0.05, 0) is 23.6 Å². The third-order valence-electron chi connectivity index (χ3n) is 2.57. The Balaban J connectivity index is 2.23. The molecule has 2 rings (SSSR count). The highest BCUT2D eigenvalue weighted by Gasteiger charge is 2.15. The van der Waals surface area contributed by atoms with Gasteiger partial charge in [-0.2, -0.15) is 0 Å². The molecule has 19 heavy (non-hydrogen) atoms. The summed E-state index contributed by atoms with van der Waals surface area (Å²) in [6.07, 6.45) is 1.65. The average Bonchev–Trinajstić information content (AvgIpc) is 2.79. The molecule has 0 saturated heterocycles. The molecule has 0 bridgehead atoms. The quantitative estimate of drug-likeness (QED) is 0.869. The predicted molar refractivity (Wildman–Crippen MR) is 74.7 cm³/mol. The van der Waals surface area contributed by atoms with Gasteiger partial charge in [-0.15, -0.1) is 11.3 Å². The number of aromatic nitrogens is 1. The Morgan fingerprint density at radius 1 is 1.42 bits per heavy atom. The van der Waals surface area contributed by atoms with Gasteiger partial charge in [0.1, 0.15) is 5.69 Å². The fourth-order valence-corrected chi connectivity index (χ4v) is 3.55. The minimum Gasteiger partial charge on any atom is -0.376 e. The Bertz CT molecular complexity index is 747. The first-order valence-electron chi connectivity index (χ1n) is 5.38. The number of pyridine rings is 1. The van der Waals surface area contributed by atoms with Crippen molar-refractivity contribution in [3.05, 3.63) is 45.0 Å². The van der Waals surface area contributed by atoms with E-state index < -0.39 is 10.0 Å². The topological polar surface area (TPSA) is 94.2 Å². The number of sulfonamides is 1. The van der Waals surface area contributed by atoms with Gasteiger partial charge in [0.05, 0.1) is 11.4 Å². The van der Waals surface area contributed by atoms with Gasteiger partial charge in [0.25, 0.3) is 5.56 Å². The van der Waals surface area contributed by atoms with E-state index in [1.807, 2.05) is 0 Å². The molecular weight excluding hydrogens is 286 g/mol. The molecule has 2 aromatic rings. The second kappa shape index (κ2) is 5.16. The smallest absolute Gasteiger partial charge is 0.273 e. The maximum absolute atomic E-state index is 11.8. The summed E-state index contributed by atoms with van der Waals surface area (Å²) in [4.78, 5) is 12.4. The molecule has 0 radical (unpaired) electrons. The second-order valence-electron chi connectivity index (χ2n) is 3.94. The van der Waals surface area contributed by atoms with Gasteiger partial charge in [-0.1, -0.05) is 0 Å². The van der Waals surface area contributed by atoms with Gasteiger partial charge >= 0.3 is 0 Å². The molecule has 6 nitrogen and oxygen atoms in total. The molecule has 0 fully saturated rings. The van der Waals surface area contributed by atoms with Crippen molar-refractivity contribution in [1.29, 1.82) is 0 Å². The van der Waals surface area contributed by atoms with Crippen molar-refractivity contribution in [2.45, 2.75) is 11.4 Å². The first-order chi connectivity index (χ1) is 8.89. The van der Waals surface area contributed by atoms with Crippen molar-refractivity contribution in [2.75, 3.05) is 5.32 Å². The van der Waals surface area contributed by atoms with Gasteiger partial charge in [-0.3, -0.25) is 4.79 Å². The number of primary sulfonamides is 1. The molecule has 0 atom stereocenters. The number of rotatable bonds is 4. The molecule has 0 unspecified atom stereocenters. The standard InChI is InChI=1S/C11H13N3O3S2/c1-14-5-2-3-8(11(14)15)13-7-9-10(4-6-18-9)19(12,16)17/h2-6,13H,7H2,1H3,(H2,12,16,17). The third-order valence-corrected chi connectivity index (χ3v) is 4.62. The Kier molecular flexibility index (Phi) is 3.74. The van der Waals surface area contributed by atoms with E-state index >= 15 is 0 Å². The molecule has 2 aromatic heterocycles. The first-order valence-corrected chi connectivity index (χ1v) is 7.81. The van der Waals surface area contributed by atoms with E-state index in [-0.39, 0.29) is 17.0 Å². The summed E-state index contributed by atoms with van der Waals surface area (Å²) in [7, 11) is -2.08. The van der Waals surface area contributed by atoms with Gasteiger partial charge in [0.2, 0.25) is 10.0 Å². The van der Waals surface area contributed by atoms with Crippen LogP contribution in [0, 0.1) is 0 Å². The molecule has 0 aliphatic heterocycles. The Hall–Kier alpha value is -1.64. The minimum atomic E-state index is -3.73. The molecule has 2 heterocycles. The molecule has 8 heteroatoms. The number of nitrogens with two attached hydrogens (primary N) is 1. The molecule has 0 aliphatic carbocycles. The third kappa shape index (κ3) is 3.03. The molecule has 0 saturated carbocycles. The van der Waals surface area contributed by atoms with Gasteiger partial charge in [-0.25, -0.2) is 13.6 Å². The fraction of sp³-hybridized carbons (Fsp3) is 0.182. The number of hydrogen-bond donors (Lipinski definition) is 2. The largest absolute Gasteiger partial charge is 0.376 e. The molecule has 0 aromatic carbocycles. The number of aryl methyl sites for hydroxylation is 1. The molecule has 0 aliphatic rings. The Morgan fingerprint density at radius 3 is 2.84 bits per heavy atom. The van der Waals surface area contributed by atoms with Crippen LogP contribution in [0.25, 0.3) is 0 Å². The van der Waals surface area contributed by atoms with Crippen LogP contribution in [0.2, 0.25) is 0 Å². The van der Waals surface area contributed by atoms with E-state index in [1.165, 1.54) is 22.0 Å². The minimum absolute atomic E-state index is 0.0951. The van der Waals surface area contributed by atoms with Crippen LogP contribution in [0.1, 0.15) is 4.88 Å². The molecule has 0 spiro atoms. The van der Waals surface area contributed by atoms with Gasteiger partial charge < -0.3 is 9.88 Å². The van der Waals surface area contributed by atoms with Gasteiger partial charge in [0, 0.05) is 18.1 Å². The maximum Gasteiger partial charge on any atom is 0.273 e. The summed E-state index contributed by atoms with van der Waals surface area (Å²) in [5, 5.41) is 9.69. The van der Waals surface area contributed by atoms with E-state index in [0.29, 0.717) is 10.6 Å². The summed E-state index contributed by atoms with van der Waals surface area (Å²) in [5.41, 5.74) is 0.245. The summed E-state index contributed by atoms with van der Waals surface area (Å²) >= 11 is 1.28. The van der Waals surface area contributed by atoms with Crippen LogP contribution in [0.3, 0.4) is 0 Å². The number of hydrogen-bond acceptors (Lipinski definition) is 5. The zero-order chi connectivity index (χ0) is 14.0. The van der Waals surface area contributed by atoms with E-state index in [2.05, 4.69) is 5.32 Å². The summed E-state index contributed by atoms with van der Waals surface area (Å²) in [5.74, 6) is 0. The van der Waals surface area contributed by atoms with Crippen LogP contribution in [0.15, 0.2) is 39.5 Å². The maximum atomic E-state index is 11.8. The lowest BCUT2D eigenvalue weighted by molar-refractivity contribution is 0.597. The fourth-order valence-electron chi connectivity index (χ4n) is 1.62. The zero-order valence-electron chi connectivity index (χ0n) is 10.2. The van der Waals surface area contributed by atoms with Gasteiger partial charge in [0.15, 0.2) is 0 Å². The lowest BCUT2D eigenvalue weighted by atomic mass is 10.4. The van der Waals surface area contributed by atoms with Crippen LogP contribution >= 0.6 is 11.3 Å². The van der Waals surface area contributed by atoms with Crippen LogP contribution in [0.4, 0.5) is 5.69 Å². The summed E-state index contributed by atoms with van der Waals surface area (Å²) in [6.45, 7) is 0.239. The SMILES string of the molecule is Cn1cccc(NCc2sccc2S(N)(=O)=O)c1=O. The van der Waals surface area contributed by atoms with E-state index in [4.69, 9.17) is 5.14 Å². The Morgan fingerprint density at radius 2 is 2.16 bits per heavy atom. The van der Waals surface area contributed by atoms with Crippen molar-refractivity contribution >= 4 is 27.0 Å². The highest BCUT2D eigenvalue weighted by Crippen LogP contribution is 2.21.